The van der Waals surface area contributed by atoms with E-state index in [1.165, 1.54) is 43.6 Å². The van der Waals surface area contributed by atoms with Gasteiger partial charge in [-0.15, -0.1) is 11.3 Å². The second-order valence-electron chi connectivity index (χ2n) is 5.40. The van der Waals surface area contributed by atoms with E-state index in [1.807, 2.05) is 11.3 Å². The van der Waals surface area contributed by atoms with Crippen molar-refractivity contribution in [3.8, 4) is 0 Å². The quantitative estimate of drug-likeness (QED) is 0.887. The summed E-state index contributed by atoms with van der Waals surface area (Å²) in [5, 5.41) is 6.02. The minimum absolute atomic E-state index is 0.516. The summed E-state index contributed by atoms with van der Waals surface area (Å²) >= 11 is 1.87. The molecule has 0 aromatic carbocycles. The van der Waals surface area contributed by atoms with Crippen LogP contribution in [0.2, 0.25) is 0 Å². The zero-order chi connectivity index (χ0) is 11.7. The van der Waals surface area contributed by atoms with Crippen LogP contribution in [-0.2, 0) is 0 Å². The standard InChI is InChI=1S/C14H22N2S/c1-11(14-6-4-10-17-14)15-12-7-9-16-8-3-2-5-13(12)16/h4,6,10-13,15H,2-3,5,7-9H2,1H3/t11-,12?,13?/m1/s1. The molecule has 2 saturated heterocycles. The highest BCUT2D eigenvalue weighted by Crippen LogP contribution is 2.29. The molecule has 0 radical (unpaired) electrons. The molecule has 0 bridgehead atoms. The topological polar surface area (TPSA) is 15.3 Å². The van der Waals surface area contributed by atoms with E-state index in [1.54, 1.807) is 0 Å². The highest BCUT2D eigenvalue weighted by molar-refractivity contribution is 7.10. The van der Waals surface area contributed by atoms with Crippen LogP contribution in [-0.4, -0.2) is 30.1 Å². The smallest absolute Gasteiger partial charge is 0.0388 e. The van der Waals surface area contributed by atoms with Gasteiger partial charge in [0.05, 0.1) is 0 Å². The summed E-state index contributed by atoms with van der Waals surface area (Å²) in [5.74, 6) is 0. The van der Waals surface area contributed by atoms with Gasteiger partial charge in [-0.3, -0.25) is 4.90 Å². The molecular formula is C14H22N2S. The average molecular weight is 250 g/mol. The van der Waals surface area contributed by atoms with Crippen LogP contribution in [0.1, 0.15) is 43.5 Å². The number of nitrogens with zero attached hydrogens (tertiary/aromatic N) is 1. The van der Waals surface area contributed by atoms with E-state index in [-0.39, 0.29) is 0 Å². The Bertz CT molecular complexity index is 349. The van der Waals surface area contributed by atoms with Crippen molar-refractivity contribution in [1.82, 2.24) is 10.2 Å². The molecule has 1 aromatic heterocycles. The van der Waals surface area contributed by atoms with Crippen molar-refractivity contribution in [2.75, 3.05) is 13.1 Å². The Morgan fingerprint density at radius 3 is 3.12 bits per heavy atom. The summed E-state index contributed by atoms with van der Waals surface area (Å²) in [7, 11) is 0. The predicted octanol–water partition coefficient (Wildman–Crippen LogP) is 3.03. The number of piperidine rings is 1. The number of thiophene rings is 1. The lowest BCUT2D eigenvalue weighted by Gasteiger charge is -2.33. The van der Waals surface area contributed by atoms with Gasteiger partial charge in [-0.1, -0.05) is 12.5 Å². The molecule has 0 saturated carbocycles. The molecule has 1 N–H and O–H groups in total. The molecule has 0 spiro atoms. The highest BCUT2D eigenvalue weighted by Gasteiger charge is 2.35. The molecule has 3 rings (SSSR count). The SMILES string of the molecule is C[C@@H](NC1CCN2CCCCC12)c1cccs1. The molecule has 3 heteroatoms. The second-order valence-corrected chi connectivity index (χ2v) is 6.38. The third-order valence-electron chi connectivity index (χ3n) is 4.29. The summed E-state index contributed by atoms with van der Waals surface area (Å²) < 4.78 is 0. The van der Waals surface area contributed by atoms with Crippen molar-refractivity contribution in [1.29, 1.82) is 0 Å². The van der Waals surface area contributed by atoms with Gasteiger partial charge in [-0.05, 0) is 44.2 Å². The zero-order valence-corrected chi connectivity index (χ0v) is 11.4. The van der Waals surface area contributed by atoms with Crippen LogP contribution in [0.15, 0.2) is 17.5 Å². The Hall–Kier alpha value is -0.380. The fourth-order valence-corrected chi connectivity index (χ4v) is 4.13. The van der Waals surface area contributed by atoms with E-state index in [0.29, 0.717) is 12.1 Å². The van der Waals surface area contributed by atoms with Gasteiger partial charge in [-0.25, -0.2) is 0 Å². The van der Waals surface area contributed by atoms with Crippen LogP contribution in [0.5, 0.6) is 0 Å². The zero-order valence-electron chi connectivity index (χ0n) is 10.6. The van der Waals surface area contributed by atoms with Gasteiger partial charge in [0, 0.05) is 29.5 Å². The van der Waals surface area contributed by atoms with Crippen LogP contribution in [0.3, 0.4) is 0 Å². The Labute approximate surface area is 108 Å². The van der Waals surface area contributed by atoms with Crippen LogP contribution < -0.4 is 5.32 Å². The van der Waals surface area contributed by atoms with Gasteiger partial charge in [0.1, 0.15) is 0 Å². The molecule has 17 heavy (non-hydrogen) atoms. The van der Waals surface area contributed by atoms with Crippen molar-refractivity contribution in [3.05, 3.63) is 22.4 Å². The monoisotopic (exact) mass is 250 g/mol. The first-order valence-corrected chi connectivity index (χ1v) is 7.76. The lowest BCUT2D eigenvalue weighted by atomic mass is 9.98. The molecule has 3 atom stereocenters. The first-order chi connectivity index (χ1) is 8.34. The van der Waals surface area contributed by atoms with Gasteiger partial charge < -0.3 is 5.32 Å². The minimum Gasteiger partial charge on any atom is -0.305 e. The predicted molar refractivity (Wildman–Crippen MR) is 73.5 cm³/mol. The molecule has 94 valence electrons. The average Bonchev–Trinajstić information content (AvgIpc) is 2.98. The molecule has 3 heterocycles. The number of hydrogen-bond acceptors (Lipinski definition) is 3. The Kier molecular flexibility index (Phi) is 3.50. The van der Waals surface area contributed by atoms with E-state index in [0.717, 1.165) is 6.04 Å². The lowest BCUT2D eigenvalue weighted by molar-refractivity contribution is 0.177. The molecule has 0 amide bonds. The number of rotatable bonds is 3. The molecule has 2 fully saturated rings. The lowest BCUT2D eigenvalue weighted by Crippen LogP contribution is -2.45. The van der Waals surface area contributed by atoms with E-state index in [4.69, 9.17) is 0 Å². The van der Waals surface area contributed by atoms with Crippen molar-refractivity contribution in [3.63, 3.8) is 0 Å². The van der Waals surface area contributed by atoms with Crippen molar-refractivity contribution in [2.45, 2.75) is 50.7 Å². The summed E-state index contributed by atoms with van der Waals surface area (Å²) in [6.07, 6.45) is 5.56. The molecular weight excluding hydrogens is 228 g/mol. The normalized spacial score (nSPS) is 31.4. The Morgan fingerprint density at radius 1 is 1.35 bits per heavy atom. The number of nitrogens with one attached hydrogen (secondary N) is 1. The Morgan fingerprint density at radius 2 is 2.29 bits per heavy atom. The van der Waals surface area contributed by atoms with Crippen LogP contribution in [0, 0.1) is 0 Å². The third-order valence-corrected chi connectivity index (χ3v) is 5.35. The third kappa shape index (κ3) is 2.42. The van der Waals surface area contributed by atoms with Gasteiger partial charge in [-0.2, -0.15) is 0 Å². The van der Waals surface area contributed by atoms with Crippen LogP contribution in [0.25, 0.3) is 0 Å². The molecule has 2 aliphatic rings. The molecule has 1 aromatic rings. The van der Waals surface area contributed by atoms with Crippen molar-refractivity contribution in [2.24, 2.45) is 0 Å². The molecule has 0 aliphatic carbocycles. The number of fused-ring (bicyclic) bond motifs is 1. The molecule has 2 nitrogen and oxygen atoms in total. The summed E-state index contributed by atoms with van der Waals surface area (Å²) in [6, 6.07) is 6.44. The van der Waals surface area contributed by atoms with E-state index in [2.05, 4.69) is 34.7 Å². The van der Waals surface area contributed by atoms with Crippen LogP contribution in [0.4, 0.5) is 0 Å². The van der Waals surface area contributed by atoms with Crippen LogP contribution >= 0.6 is 11.3 Å². The molecule has 2 unspecified atom stereocenters. The summed E-state index contributed by atoms with van der Waals surface area (Å²) in [5.41, 5.74) is 0. The fraction of sp³-hybridized carbons (Fsp3) is 0.714. The van der Waals surface area contributed by atoms with E-state index >= 15 is 0 Å². The summed E-state index contributed by atoms with van der Waals surface area (Å²) in [4.78, 5) is 4.17. The van der Waals surface area contributed by atoms with E-state index in [9.17, 15) is 0 Å². The van der Waals surface area contributed by atoms with Gasteiger partial charge in [0.15, 0.2) is 0 Å². The van der Waals surface area contributed by atoms with Gasteiger partial charge in [0.2, 0.25) is 0 Å². The van der Waals surface area contributed by atoms with E-state index < -0.39 is 0 Å². The van der Waals surface area contributed by atoms with Gasteiger partial charge >= 0.3 is 0 Å². The van der Waals surface area contributed by atoms with Gasteiger partial charge in [0.25, 0.3) is 0 Å². The molecule has 2 aliphatic heterocycles. The minimum atomic E-state index is 0.516. The first-order valence-electron chi connectivity index (χ1n) is 6.88. The highest BCUT2D eigenvalue weighted by atomic mass is 32.1. The Balaban J connectivity index is 1.62. The van der Waals surface area contributed by atoms with Crippen molar-refractivity contribution >= 4 is 11.3 Å². The first kappa shape index (κ1) is 11.7. The maximum absolute atomic E-state index is 3.85. The number of hydrogen-bond donors (Lipinski definition) is 1. The second kappa shape index (κ2) is 5.09. The largest absolute Gasteiger partial charge is 0.305 e. The fourth-order valence-electron chi connectivity index (χ4n) is 3.38. The summed E-state index contributed by atoms with van der Waals surface area (Å²) in [6.45, 7) is 4.94. The maximum atomic E-state index is 3.85. The maximum Gasteiger partial charge on any atom is 0.0388 e. The van der Waals surface area contributed by atoms with Crippen molar-refractivity contribution < 1.29 is 0 Å².